The zero-order valence-electron chi connectivity index (χ0n) is 16.8. The molecule has 5 rings (SSSR count). The molecule has 156 valence electrons. The third-order valence-corrected chi connectivity index (χ3v) is 5.98. The summed E-state index contributed by atoms with van der Waals surface area (Å²) in [6.07, 6.45) is -2.69. The molecule has 4 aromatic rings. The summed E-state index contributed by atoms with van der Waals surface area (Å²) in [4.78, 5) is 7.10. The Labute approximate surface area is 179 Å². The average molecular weight is 418 g/mol. The van der Waals surface area contributed by atoms with Crippen molar-refractivity contribution in [3.8, 4) is 0 Å². The zero-order valence-corrected chi connectivity index (χ0v) is 16.8. The minimum absolute atomic E-state index is 0.117. The van der Waals surface area contributed by atoms with Gasteiger partial charge in [-0.3, -0.25) is 4.98 Å². The van der Waals surface area contributed by atoms with Gasteiger partial charge in [0.05, 0.1) is 17.1 Å². The molecule has 0 spiro atoms. The highest BCUT2D eigenvalue weighted by molar-refractivity contribution is 5.79. The number of anilines is 1. The quantitative estimate of drug-likeness (QED) is 0.373. The normalized spacial score (nSPS) is 16.4. The van der Waals surface area contributed by atoms with Crippen molar-refractivity contribution in [2.75, 3.05) is 11.4 Å². The van der Waals surface area contributed by atoms with Crippen LogP contribution in [-0.4, -0.2) is 11.5 Å². The monoisotopic (exact) mass is 418 g/mol. The van der Waals surface area contributed by atoms with E-state index in [0.717, 1.165) is 36.5 Å². The number of nitrogens with zero attached hydrogens (tertiary/aromatic N) is 2. The molecule has 0 fully saturated rings. The van der Waals surface area contributed by atoms with Crippen LogP contribution in [0.25, 0.3) is 10.9 Å². The van der Waals surface area contributed by atoms with Crippen molar-refractivity contribution >= 4 is 16.6 Å². The number of pyridine rings is 1. The van der Waals surface area contributed by atoms with Crippen molar-refractivity contribution in [2.45, 2.75) is 25.1 Å². The van der Waals surface area contributed by atoms with Crippen molar-refractivity contribution in [3.63, 3.8) is 0 Å². The minimum Gasteiger partial charge on any atom is -0.364 e. The zero-order chi connectivity index (χ0) is 21.4. The van der Waals surface area contributed by atoms with Crippen LogP contribution in [0.3, 0.4) is 0 Å². The van der Waals surface area contributed by atoms with Crippen LogP contribution in [0.2, 0.25) is 0 Å². The molecule has 0 N–H and O–H groups in total. The molecule has 0 saturated heterocycles. The first kappa shape index (κ1) is 19.6. The molecule has 3 aromatic carbocycles. The fourth-order valence-corrected chi connectivity index (χ4v) is 4.46. The second-order valence-corrected chi connectivity index (χ2v) is 7.91. The third kappa shape index (κ3) is 3.88. The van der Waals surface area contributed by atoms with Crippen LogP contribution in [-0.2, 0) is 19.0 Å². The van der Waals surface area contributed by atoms with Crippen LogP contribution in [0.15, 0.2) is 84.9 Å². The van der Waals surface area contributed by atoms with Crippen molar-refractivity contribution in [1.29, 1.82) is 0 Å². The Morgan fingerprint density at radius 1 is 0.871 bits per heavy atom. The van der Waals surface area contributed by atoms with E-state index in [1.165, 1.54) is 17.2 Å². The number of para-hydroxylation sites is 1. The number of benzene rings is 3. The molecule has 1 unspecified atom stereocenters. The standard InChI is InChI=1S/C26H21F3N2/c27-26(28,29)20-11-13-24-19(16-20)10-12-21(30-24)17-25-23-9-5-4-6-18(23)14-15-31(25)22-7-2-1-3-8-22/h1-13,16,25H,14-15,17H2. The van der Waals surface area contributed by atoms with Crippen molar-refractivity contribution in [2.24, 2.45) is 0 Å². The van der Waals surface area contributed by atoms with Crippen LogP contribution >= 0.6 is 0 Å². The molecular formula is C26H21F3N2. The van der Waals surface area contributed by atoms with E-state index in [1.807, 2.05) is 24.3 Å². The first-order valence-corrected chi connectivity index (χ1v) is 10.4. The topological polar surface area (TPSA) is 16.1 Å². The molecule has 2 heterocycles. The van der Waals surface area contributed by atoms with Crippen LogP contribution in [0.5, 0.6) is 0 Å². The predicted molar refractivity (Wildman–Crippen MR) is 117 cm³/mol. The fourth-order valence-electron chi connectivity index (χ4n) is 4.46. The van der Waals surface area contributed by atoms with Gasteiger partial charge in [-0.1, -0.05) is 48.5 Å². The van der Waals surface area contributed by atoms with Gasteiger partial charge in [-0.05, 0) is 53.9 Å². The molecule has 0 radical (unpaired) electrons. The molecule has 31 heavy (non-hydrogen) atoms. The van der Waals surface area contributed by atoms with E-state index in [-0.39, 0.29) is 6.04 Å². The van der Waals surface area contributed by atoms with Gasteiger partial charge in [-0.25, -0.2) is 0 Å². The molecule has 0 aliphatic carbocycles. The van der Waals surface area contributed by atoms with E-state index in [0.29, 0.717) is 17.3 Å². The smallest absolute Gasteiger partial charge is 0.364 e. The van der Waals surface area contributed by atoms with Crippen LogP contribution < -0.4 is 4.90 Å². The minimum atomic E-state index is -4.35. The second kappa shape index (κ2) is 7.73. The van der Waals surface area contributed by atoms with Crippen molar-refractivity contribution in [3.05, 3.63) is 107 Å². The van der Waals surface area contributed by atoms with E-state index in [4.69, 9.17) is 4.98 Å². The molecule has 5 heteroatoms. The highest BCUT2D eigenvalue weighted by atomic mass is 19.4. The Balaban J connectivity index is 1.52. The largest absolute Gasteiger partial charge is 0.416 e. The van der Waals surface area contributed by atoms with Gasteiger partial charge in [0.1, 0.15) is 0 Å². The van der Waals surface area contributed by atoms with E-state index in [9.17, 15) is 13.2 Å². The lowest BCUT2D eigenvalue weighted by molar-refractivity contribution is -0.137. The number of aromatic nitrogens is 1. The number of hydrogen-bond donors (Lipinski definition) is 0. The average Bonchev–Trinajstić information content (AvgIpc) is 2.79. The Bertz CT molecular complexity index is 1220. The van der Waals surface area contributed by atoms with Crippen molar-refractivity contribution in [1.82, 2.24) is 4.98 Å². The highest BCUT2D eigenvalue weighted by Gasteiger charge is 2.31. The summed E-state index contributed by atoms with van der Waals surface area (Å²) in [7, 11) is 0. The van der Waals surface area contributed by atoms with E-state index < -0.39 is 11.7 Å². The first-order valence-electron chi connectivity index (χ1n) is 10.4. The van der Waals surface area contributed by atoms with Gasteiger partial charge in [0.15, 0.2) is 0 Å². The summed E-state index contributed by atoms with van der Waals surface area (Å²) in [6.45, 7) is 0.911. The number of fused-ring (bicyclic) bond motifs is 2. The summed E-state index contributed by atoms with van der Waals surface area (Å²) in [6, 6.07) is 26.3. The summed E-state index contributed by atoms with van der Waals surface area (Å²) in [5.74, 6) is 0. The summed E-state index contributed by atoms with van der Waals surface area (Å²) in [5.41, 5.74) is 4.60. The maximum absolute atomic E-state index is 13.0. The lowest BCUT2D eigenvalue weighted by atomic mass is 9.89. The molecular weight excluding hydrogens is 397 g/mol. The van der Waals surface area contributed by atoms with Gasteiger partial charge in [0.2, 0.25) is 0 Å². The molecule has 0 amide bonds. The predicted octanol–water partition coefficient (Wildman–Crippen LogP) is 6.60. The maximum atomic E-state index is 13.0. The number of halogens is 3. The lowest BCUT2D eigenvalue weighted by Gasteiger charge is -2.39. The van der Waals surface area contributed by atoms with Gasteiger partial charge < -0.3 is 4.90 Å². The van der Waals surface area contributed by atoms with Gasteiger partial charge in [0.25, 0.3) is 0 Å². The molecule has 1 aliphatic heterocycles. The Morgan fingerprint density at radius 2 is 1.65 bits per heavy atom. The lowest BCUT2D eigenvalue weighted by Crippen LogP contribution is -2.36. The third-order valence-electron chi connectivity index (χ3n) is 5.98. The van der Waals surface area contributed by atoms with Crippen LogP contribution in [0, 0.1) is 0 Å². The molecule has 0 saturated carbocycles. The number of rotatable bonds is 3. The Morgan fingerprint density at radius 3 is 2.45 bits per heavy atom. The summed E-state index contributed by atoms with van der Waals surface area (Å²) < 4.78 is 39.1. The summed E-state index contributed by atoms with van der Waals surface area (Å²) >= 11 is 0. The van der Waals surface area contributed by atoms with Crippen LogP contribution in [0.4, 0.5) is 18.9 Å². The number of hydrogen-bond acceptors (Lipinski definition) is 2. The Hall–Kier alpha value is -3.34. The molecule has 1 aliphatic rings. The van der Waals surface area contributed by atoms with Gasteiger partial charge in [0, 0.05) is 29.7 Å². The van der Waals surface area contributed by atoms with E-state index in [2.05, 4.69) is 41.3 Å². The maximum Gasteiger partial charge on any atom is 0.416 e. The fraction of sp³-hybridized carbons (Fsp3) is 0.192. The van der Waals surface area contributed by atoms with E-state index in [1.54, 1.807) is 6.07 Å². The molecule has 1 atom stereocenters. The molecule has 2 nitrogen and oxygen atoms in total. The first-order chi connectivity index (χ1) is 15.0. The van der Waals surface area contributed by atoms with Crippen LogP contribution in [0.1, 0.15) is 28.4 Å². The SMILES string of the molecule is FC(F)(F)c1ccc2nc(CC3c4ccccc4CCN3c3ccccc3)ccc2c1. The van der Waals surface area contributed by atoms with E-state index >= 15 is 0 Å². The molecule has 0 bridgehead atoms. The Kier molecular flexibility index (Phi) is 4.89. The molecule has 1 aromatic heterocycles. The highest BCUT2D eigenvalue weighted by Crippen LogP contribution is 2.36. The van der Waals surface area contributed by atoms with Gasteiger partial charge in [-0.15, -0.1) is 0 Å². The summed E-state index contributed by atoms with van der Waals surface area (Å²) in [5, 5.41) is 0.502. The van der Waals surface area contributed by atoms with Crippen molar-refractivity contribution < 1.29 is 13.2 Å². The van der Waals surface area contributed by atoms with Gasteiger partial charge in [-0.2, -0.15) is 13.2 Å². The second-order valence-electron chi connectivity index (χ2n) is 7.91. The van der Waals surface area contributed by atoms with Gasteiger partial charge >= 0.3 is 6.18 Å². The number of alkyl halides is 3.